The first-order chi connectivity index (χ1) is 14.1. The van der Waals surface area contributed by atoms with E-state index in [1.165, 1.54) is 25.7 Å². The number of hydrogen-bond acceptors (Lipinski definition) is 3. The number of carboxylic acid groups (broad SMARTS) is 1. The van der Waals surface area contributed by atoms with Crippen LogP contribution in [0.3, 0.4) is 0 Å². The molecule has 4 aliphatic rings. The summed E-state index contributed by atoms with van der Waals surface area (Å²) in [5, 5.41) is 31.3. The van der Waals surface area contributed by atoms with Gasteiger partial charge in [0.05, 0.1) is 12.2 Å². The monoisotopic (exact) mass is 420 g/mol. The van der Waals surface area contributed by atoms with Crippen LogP contribution in [-0.4, -0.2) is 33.5 Å². The Morgan fingerprint density at radius 2 is 1.67 bits per heavy atom. The van der Waals surface area contributed by atoms with Crippen LogP contribution in [0.2, 0.25) is 0 Å². The van der Waals surface area contributed by atoms with Crippen molar-refractivity contribution in [3.05, 3.63) is 0 Å². The smallest absolute Gasteiger partial charge is 0.303 e. The van der Waals surface area contributed by atoms with Crippen LogP contribution >= 0.6 is 0 Å². The molecular formula is C26H44O4. The second kappa shape index (κ2) is 8.06. The normalized spacial score (nSPS) is 51.5. The van der Waals surface area contributed by atoms with Gasteiger partial charge in [0.25, 0.3) is 0 Å². The van der Waals surface area contributed by atoms with Gasteiger partial charge in [-0.05, 0) is 104 Å². The Kier molecular flexibility index (Phi) is 6.07. The second-order valence-corrected chi connectivity index (χ2v) is 12.0. The summed E-state index contributed by atoms with van der Waals surface area (Å²) in [5.74, 6) is 2.58. The van der Waals surface area contributed by atoms with E-state index in [4.69, 9.17) is 5.11 Å². The molecule has 0 aromatic rings. The highest BCUT2D eigenvalue weighted by Crippen LogP contribution is 2.69. The molecule has 172 valence electrons. The SMILES string of the molecule is CCC1C2C[C@H](O)CC[C@]2(C)[C@H]2CC[C@]3(C)[C@@H]([C@H](C)CCC(=O)O)CC[C@H]3[C@@H]2[C@@H]1O. The van der Waals surface area contributed by atoms with Gasteiger partial charge in [0.2, 0.25) is 0 Å². The molecular weight excluding hydrogens is 376 g/mol. The molecule has 0 spiro atoms. The summed E-state index contributed by atoms with van der Waals surface area (Å²) in [4.78, 5) is 11.1. The summed E-state index contributed by atoms with van der Waals surface area (Å²) in [6, 6.07) is 0. The highest BCUT2D eigenvalue weighted by Gasteiger charge is 2.64. The molecule has 0 aromatic heterocycles. The molecule has 4 fully saturated rings. The van der Waals surface area contributed by atoms with E-state index in [0.29, 0.717) is 41.4 Å². The van der Waals surface area contributed by atoms with Crippen LogP contribution in [0.25, 0.3) is 0 Å². The van der Waals surface area contributed by atoms with Gasteiger partial charge in [-0.3, -0.25) is 4.79 Å². The van der Waals surface area contributed by atoms with E-state index in [0.717, 1.165) is 32.1 Å². The van der Waals surface area contributed by atoms with E-state index in [2.05, 4.69) is 27.7 Å². The Balaban J connectivity index is 1.61. The number of fused-ring (bicyclic) bond motifs is 5. The van der Waals surface area contributed by atoms with Gasteiger partial charge >= 0.3 is 5.97 Å². The summed E-state index contributed by atoms with van der Waals surface area (Å²) < 4.78 is 0. The first-order valence-electron chi connectivity index (χ1n) is 12.7. The molecule has 0 aromatic carbocycles. The topological polar surface area (TPSA) is 77.8 Å². The summed E-state index contributed by atoms with van der Waals surface area (Å²) in [5.41, 5.74) is 0.480. The molecule has 0 aliphatic heterocycles. The van der Waals surface area contributed by atoms with Crippen molar-refractivity contribution in [2.75, 3.05) is 0 Å². The first-order valence-corrected chi connectivity index (χ1v) is 12.7. The Labute approximate surface area is 182 Å². The van der Waals surface area contributed by atoms with Gasteiger partial charge in [-0.25, -0.2) is 0 Å². The van der Waals surface area contributed by atoms with Crippen molar-refractivity contribution in [3.63, 3.8) is 0 Å². The van der Waals surface area contributed by atoms with Gasteiger partial charge in [0.1, 0.15) is 0 Å². The third-order valence-corrected chi connectivity index (χ3v) is 11.0. The lowest BCUT2D eigenvalue weighted by molar-refractivity contribution is -0.203. The first kappa shape index (κ1) is 22.6. The fraction of sp³-hybridized carbons (Fsp3) is 0.962. The van der Waals surface area contributed by atoms with Crippen molar-refractivity contribution in [3.8, 4) is 0 Å². The highest BCUT2D eigenvalue weighted by atomic mass is 16.4. The molecule has 0 bridgehead atoms. The molecule has 11 atom stereocenters. The van der Waals surface area contributed by atoms with Crippen molar-refractivity contribution in [2.24, 2.45) is 52.3 Å². The van der Waals surface area contributed by atoms with Gasteiger partial charge in [-0.2, -0.15) is 0 Å². The average molecular weight is 421 g/mol. The molecule has 0 radical (unpaired) electrons. The van der Waals surface area contributed by atoms with Crippen molar-refractivity contribution < 1.29 is 20.1 Å². The lowest BCUT2D eigenvalue weighted by atomic mass is 9.41. The molecule has 4 nitrogen and oxygen atoms in total. The predicted molar refractivity (Wildman–Crippen MR) is 118 cm³/mol. The van der Waals surface area contributed by atoms with Crippen molar-refractivity contribution in [1.29, 1.82) is 0 Å². The number of carbonyl (C=O) groups is 1. The van der Waals surface area contributed by atoms with Gasteiger partial charge in [-0.15, -0.1) is 0 Å². The van der Waals surface area contributed by atoms with Crippen LogP contribution in [0.15, 0.2) is 0 Å². The third-order valence-electron chi connectivity index (χ3n) is 11.0. The van der Waals surface area contributed by atoms with Crippen molar-refractivity contribution >= 4 is 5.97 Å². The zero-order valence-corrected chi connectivity index (χ0v) is 19.5. The van der Waals surface area contributed by atoms with Gasteiger partial charge in [-0.1, -0.05) is 34.1 Å². The molecule has 4 saturated carbocycles. The molecule has 0 heterocycles. The number of aliphatic hydroxyl groups excluding tert-OH is 2. The number of hydrogen-bond donors (Lipinski definition) is 3. The van der Waals surface area contributed by atoms with E-state index in [9.17, 15) is 15.0 Å². The van der Waals surface area contributed by atoms with Crippen LogP contribution in [0.5, 0.6) is 0 Å². The maximum Gasteiger partial charge on any atom is 0.303 e. The van der Waals surface area contributed by atoms with Crippen LogP contribution in [-0.2, 0) is 4.79 Å². The standard InChI is InChI=1S/C26H44O4/c1-5-17-21-14-16(27)10-12-26(21,4)20-11-13-25(3)18(15(2)6-9-22(28)29)7-8-19(25)23(20)24(17)30/h15-21,23-24,27,30H,5-14H2,1-4H3,(H,28,29)/t15-,16-,17?,18-,19+,20+,21?,23+,24-,25-,26-/m1/s1. The predicted octanol–water partition coefficient (Wildman–Crippen LogP) is 5.11. The van der Waals surface area contributed by atoms with E-state index < -0.39 is 5.97 Å². The number of aliphatic hydroxyl groups is 2. The van der Waals surface area contributed by atoms with Crippen LogP contribution in [0.4, 0.5) is 0 Å². The van der Waals surface area contributed by atoms with Crippen LogP contribution in [0.1, 0.15) is 91.9 Å². The Bertz CT molecular complexity index is 649. The van der Waals surface area contributed by atoms with Gasteiger partial charge in [0, 0.05) is 6.42 Å². The van der Waals surface area contributed by atoms with E-state index in [1.807, 2.05) is 0 Å². The summed E-state index contributed by atoms with van der Waals surface area (Å²) >= 11 is 0. The minimum atomic E-state index is -0.683. The minimum Gasteiger partial charge on any atom is -0.481 e. The van der Waals surface area contributed by atoms with Crippen molar-refractivity contribution in [1.82, 2.24) is 0 Å². The molecule has 4 rings (SSSR count). The third kappa shape index (κ3) is 3.36. The average Bonchev–Trinajstić information content (AvgIpc) is 3.05. The molecule has 30 heavy (non-hydrogen) atoms. The number of rotatable bonds is 5. The van der Waals surface area contributed by atoms with Gasteiger partial charge in [0.15, 0.2) is 0 Å². The fourth-order valence-corrected chi connectivity index (χ4v) is 9.48. The number of carboxylic acids is 1. The Morgan fingerprint density at radius 3 is 2.33 bits per heavy atom. The fourth-order valence-electron chi connectivity index (χ4n) is 9.48. The van der Waals surface area contributed by atoms with Gasteiger partial charge < -0.3 is 15.3 Å². The van der Waals surface area contributed by atoms with E-state index >= 15 is 0 Å². The molecule has 4 heteroatoms. The van der Waals surface area contributed by atoms with Crippen LogP contribution < -0.4 is 0 Å². The molecule has 2 unspecified atom stereocenters. The molecule has 3 N–H and O–H groups in total. The summed E-state index contributed by atoms with van der Waals surface area (Å²) in [6.45, 7) is 9.44. The Morgan fingerprint density at radius 1 is 1.00 bits per heavy atom. The highest BCUT2D eigenvalue weighted by molar-refractivity contribution is 5.66. The maximum absolute atomic E-state index is 11.7. The largest absolute Gasteiger partial charge is 0.481 e. The lowest BCUT2D eigenvalue weighted by Crippen LogP contribution is -2.62. The molecule has 4 aliphatic carbocycles. The molecule has 0 amide bonds. The maximum atomic E-state index is 11.7. The molecule has 0 saturated heterocycles. The summed E-state index contributed by atoms with van der Waals surface area (Å²) in [6.07, 6.45) is 9.27. The number of aliphatic carboxylic acids is 1. The van der Waals surface area contributed by atoms with Crippen molar-refractivity contribution in [2.45, 2.75) is 104 Å². The zero-order chi connectivity index (χ0) is 21.8. The minimum absolute atomic E-state index is 0.194. The Hall–Kier alpha value is -0.610. The van der Waals surface area contributed by atoms with E-state index in [1.54, 1.807) is 0 Å². The van der Waals surface area contributed by atoms with Crippen LogP contribution in [0, 0.1) is 52.3 Å². The summed E-state index contributed by atoms with van der Waals surface area (Å²) in [7, 11) is 0. The second-order valence-electron chi connectivity index (χ2n) is 12.0. The zero-order valence-electron chi connectivity index (χ0n) is 19.5. The van der Waals surface area contributed by atoms with E-state index in [-0.39, 0.29) is 29.5 Å². The lowest BCUT2D eigenvalue weighted by Gasteiger charge is -2.64. The quantitative estimate of drug-likeness (QED) is 0.577.